The topological polar surface area (TPSA) is 75.4 Å². The fourth-order valence-electron chi connectivity index (χ4n) is 2.81. The Morgan fingerprint density at radius 3 is 2.71 bits per heavy atom. The number of carboxylic acid groups (broad SMARTS) is 1. The first-order valence-corrected chi connectivity index (χ1v) is 7.50. The van der Waals surface area contributed by atoms with Crippen molar-refractivity contribution in [2.24, 2.45) is 11.8 Å². The molecule has 6 nitrogen and oxygen atoms in total. The minimum atomic E-state index is -0.826. The van der Waals surface area contributed by atoms with Crippen molar-refractivity contribution < 1.29 is 14.7 Å². The van der Waals surface area contributed by atoms with Crippen LogP contribution in [-0.4, -0.2) is 44.8 Å². The predicted octanol–water partition coefficient (Wildman–Crippen LogP) is 1.78. The summed E-state index contributed by atoms with van der Waals surface area (Å²) in [6, 6.07) is 0. The highest BCUT2D eigenvalue weighted by Crippen LogP contribution is 2.25. The average Bonchev–Trinajstić information content (AvgIpc) is 2.99. The van der Waals surface area contributed by atoms with Gasteiger partial charge in [0.25, 0.3) is 5.91 Å². The fourth-order valence-corrected chi connectivity index (χ4v) is 2.81. The number of nitrogens with zero attached hydrogens (tertiary/aromatic N) is 3. The largest absolute Gasteiger partial charge is 0.481 e. The third kappa shape index (κ3) is 3.09. The first-order chi connectivity index (χ1) is 9.95. The number of aryl methyl sites for hydroxylation is 1. The van der Waals surface area contributed by atoms with E-state index in [0.29, 0.717) is 12.1 Å². The van der Waals surface area contributed by atoms with Crippen molar-refractivity contribution >= 4 is 11.9 Å². The number of carboxylic acids is 1. The zero-order valence-electron chi connectivity index (χ0n) is 12.9. The molecule has 116 valence electrons. The number of amides is 1. The van der Waals surface area contributed by atoms with Crippen molar-refractivity contribution in [3.63, 3.8) is 0 Å². The normalized spacial score (nSPS) is 21.8. The Bertz CT molecular complexity index is 538. The summed E-state index contributed by atoms with van der Waals surface area (Å²) in [6.07, 6.45) is 3.70. The van der Waals surface area contributed by atoms with Gasteiger partial charge < -0.3 is 10.0 Å². The highest BCUT2D eigenvalue weighted by Gasteiger charge is 2.37. The number of likely N-dealkylation sites (tertiary alicyclic amines) is 1. The van der Waals surface area contributed by atoms with Gasteiger partial charge in [0, 0.05) is 25.3 Å². The number of hydrogen-bond acceptors (Lipinski definition) is 3. The molecule has 2 atom stereocenters. The van der Waals surface area contributed by atoms with E-state index in [1.165, 1.54) is 0 Å². The lowest BCUT2D eigenvalue weighted by Gasteiger charge is -2.15. The zero-order valence-corrected chi connectivity index (χ0v) is 12.9. The van der Waals surface area contributed by atoms with Crippen LogP contribution in [0, 0.1) is 18.8 Å². The second-order valence-electron chi connectivity index (χ2n) is 5.85. The fraction of sp³-hybridized carbons (Fsp3) is 0.667. The third-order valence-corrected chi connectivity index (χ3v) is 4.27. The molecule has 1 saturated heterocycles. The molecule has 0 bridgehead atoms. The lowest BCUT2D eigenvalue weighted by atomic mass is 9.99. The minimum absolute atomic E-state index is 0.0121. The summed E-state index contributed by atoms with van der Waals surface area (Å²) >= 11 is 0. The Morgan fingerprint density at radius 2 is 2.14 bits per heavy atom. The molecule has 2 rings (SSSR count). The molecule has 1 fully saturated rings. The summed E-state index contributed by atoms with van der Waals surface area (Å²) in [7, 11) is 0. The highest BCUT2D eigenvalue weighted by molar-refractivity contribution is 5.95. The van der Waals surface area contributed by atoms with Crippen LogP contribution in [0.2, 0.25) is 0 Å². The second-order valence-corrected chi connectivity index (χ2v) is 5.85. The Morgan fingerprint density at radius 1 is 1.43 bits per heavy atom. The van der Waals surface area contributed by atoms with E-state index in [-0.39, 0.29) is 18.4 Å². The quantitative estimate of drug-likeness (QED) is 0.898. The number of unbranched alkanes of at least 4 members (excludes halogenated alkanes) is 1. The van der Waals surface area contributed by atoms with E-state index in [4.69, 9.17) is 5.11 Å². The van der Waals surface area contributed by atoms with Gasteiger partial charge in [0.15, 0.2) is 0 Å². The maximum atomic E-state index is 12.5. The first kappa shape index (κ1) is 15.5. The molecular formula is C15H23N3O3. The van der Waals surface area contributed by atoms with Crippen LogP contribution >= 0.6 is 0 Å². The monoisotopic (exact) mass is 293 g/mol. The summed E-state index contributed by atoms with van der Waals surface area (Å²) in [5.74, 6) is -1.41. The summed E-state index contributed by atoms with van der Waals surface area (Å²) < 4.78 is 1.85. The van der Waals surface area contributed by atoms with Crippen LogP contribution in [0.3, 0.4) is 0 Å². The number of aromatic nitrogens is 2. The van der Waals surface area contributed by atoms with Gasteiger partial charge in [-0.25, -0.2) is 0 Å². The SMILES string of the molecule is CCCCn1ncc(C(=O)N2C[C@@H](C)[C@H](C(=O)O)C2)c1C. The van der Waals surface area contributed by atoms with Gasteiger partial charge in [-0.15, -0.1) is 0 Å². The zero-order chi connectivity index (χ0) is 15.6. The lowest BCUT2D eigenvalue weighted by Crippen LogP contribution is -2.30. The third-order valence-electron chi connectivity index (χ3n) is 4.27. The van der Waals surface area contributed by atoms with Crippen LogP contribution in [0.5, 0.6) is 0 Å². The van der Waals surface area contributed by atoms with Gasteiger partial charge in [0.05, 0.1) is 17.7 Å². The second kappa shape index (κ2) is 6.28. The molecule has 0 unspecified atom stereocenters. The Labute approximate surface area is 124 Å². The van der Waals surface area contributed by atoms with Crippen LogP contribution in [0.15, 0.2) is 6.20 Å². The summed E-state index contributed by atoms with van der Waals surface area (Å²) in [5, 5.41) is 13.4. The van der Waals surface area contributed by atoms with Gasteiger partial charge in [-0.05, 0) is 19.3 Å². The highest BCUT2D eigenvalue weighted by atomic mass is 16.4. The van der Waals surface area contributed by atoms with Gasteiger partial charge in [-0.1, -0.05) is 20.3 Å². The van der Waals surface area contributed by atoms with Gasteiger partial charge in [0.1, 0.15) is 0 Å². The maximum Gasteiger partial charge on any atom is 0.308 e. The van der Waals surface area contributed by atoms with E-state index >= 15 is 0 Å². The van der Waals surface area contributed by atoms with Crippen LogP contribution in [0.1, 0.15) is 42.7 Å². The Balaban J connectivity index is 2.11. The summed E-state index contributed by atoms with van der Waals surface area (Å²) in [5.41, 5.74) is 1.45. The predicted molar refractivity (Wildman–Crippen MR) is 78.1 cm³/mol. The van der Waals surface area contributed by atoms with Crippen molar-refractivity contribution in [2.75, 3.05) is 13.1 Å². The first-order valence-electron chi connectivity index (χ1n) is 7.50. The van der Waals surface area contributed by atoms with Crippen LogP contribution < -0.4 is 0 Å². The molecule has 21 heavy (non-hydrogen) atoms. The van der Waals surface area contributed by atoms with E-state index in [1.807, 2.05) is 18.5 Å². The minimum Gasteiger partial charge on any atom is -0.481 e. The molecular weight excluding hydrogens is 270 g/mol. The molecule has 6 heteroatoms. The molecule has 2 heterocycles. The molecule has 0 radical (unpaired) electrons. The van der Waals surface area contributed by atoms with E-state index in [9.17, 15) is 9.59 Å². The van der Waals surface area contributed by atoms with E-state index in [1.54, 1.807) is 11.1 Å². The number of hydrogen-bond donors (Lipinski definition) is 1. The Hall–Kier alpha value is -1.85. The smallest absolute Gasteiger partial charge is 0.308 e. The molecule has 1 aromatic heterocycles. The molecule has 1 aliphatic heterocycles. The van der Waals surface area contributed by atoms with E-state index < -0.39 is 11.9 Å². The van der Waals surface area contributed by atoms with Crippen molar-refractivity contribution in [1.29, 1.82) is 0 Å². The van der Waals surface area contributed by atoms with Crippen molar-refractivity contribution in [1.82, 2.24) is 14.7 Å². The lowest BCUT2D eigenvalue weighted by molar-refractivity contribution is -0.142. The molecule has 0 spiro atoms. The van der Waals surface area contributed by atoms with Gasteiger partial charge in [0.2, 0.25) is 0 Å². The summed E-state index contributed by atoms with van der Waals surface area (Å²) in [4.78, 5) is 25.3. The molecule has 0 saturated carbocycles. The number of carbonyl (C=O) groups is 2. The maximum absolute atomic E-state index is 12.5. The van der Waals surface area contributed by atoms with Crippen molar-refractivity contribution in [3.05, 3.63) is 17.5 Å². The van der Waals surface area contributed by atoms with Crippen LogP contribution in [0.25, 0.3) is 0 Å². The van der Waals surface area contributed by atoms with Crippen molar-refractivity contribution in [3.8, 4) is 0 Å². The molecule has 1 aliphatic rings. The molecule has 1 amide bonds. The standard InChI is InChI=1S/C15H23N3O3/c1-4-5-6-18-11(3)12(7-16-18)14(19)17-8-10(2)13(9-17)15(20)21/h7,10,13H,4-6,8-9H2,1-3H3,(H,20,21)/t10-,13-/m1/s1. The number of aliphatic carboxylic acids is 1. The van der Waals surface area contributed by atoms with Gasteiger partial charge in [-0.2, -0.15) is 5.10 Å². The Kier molecular flexibility index (Phi) is 4.65. The van der Waals surface area contributed by atoms with E-state index in [0.717, 1.165) is 25.1 Å². The van der Waals surface area contributed by atoms with E-state index in [2.05, 4.69) is 12.0 Å². The molecule has 1 aromatic rings. The van der Waals surface area contributed by atoms with Gasteiger partial charge in [-0.3, -0.25) is 14.3 Å². The van der Waals surface area contributed by atoms with Crippen molar-refractivity contribution in [2.45, 2.75) is 40.2 Å². The van der Waals surface area contributed by atoms with Crippen LogP contribution in [-0.2, 0) is 11.3 Å². The average molecular weight is 293 g/mol. The summed E-state index contributed by atoms with van der Waals surface area (Å²) in [6.45, 7) is 7.48. The molecule has 0 aliphatic carbocycles. The van der Waals surface area contributed by atoms with Gasteiger partial charge >= 0.3 is 5.97 Å². The number of rotatable bonds is 5. The number of carbonyl (C=O) groups excluding carboxylic acids is 1. The van der Waals surface area contributed by atoms with Crippen LogP contribution in [0.4, 0.5) is 0 Å². The molecule has 0 aromatic carbocycles. The molecule has 1 N–H and O–H groups in total.